The zero-order valence-electron chi connectivity index (χ0n) is 10.1. The second-order valence-corrected chi connectivity index (χ2v) is 4.80. The summed E-state index contributed by atoms with van der Waals surface area (Å²) in [6.07, 6.45) is -0.204. The number of ether oxygens (including phenoxy) is 1. The number of rotatable bonds is 1. The first-order chi connectivity index (χ1) is 9.24. The lowest BCUT2D eigenvalue weighted by atomic mass is 10.1. The molecule has 4 heteroatoms. The molecule has 0 radical (unpaired) electrons. The number of amides is 1. The van der Waals surface area contributed by atoms with Crippen LogP contribution in [0.2, 0.25) is 5.02 Å². The number of hydrogen-bond acceptors (Lipinski definition) is 2. The minimum atomic E-state index is -0.204. The molecule has 3 rings (SSSR count). The lowest BCUT2D eigenvalue weighted by Gasteiger charge is -2.17. The Hall–Kier alpha value is -2.00. The molecule has 1 aliphatic heterocycles. The molecular weight excluding hydrogens is 262 g/mol. The Kier molecular flexibility index (Phi) is 3.13. The van der Waals surface area contributed by atoms with Crippen LogP contribution in [-0.4, -0.2) is 12.5 Å². The molecular formula is C15H12ClNO2. The summed E-state index contributed by atoms with van der Waals surface area (Å²) in [5.41, 5.74) is 1.54. The van der Waals surface area contributed by atoms with Crippen molar-refractivity contribution < 1.29 is 9.53 Å². The highest BCUT2D eigenvalue weighted by molar-refractivity contribution is 6.30. The van der Waals surface area contributed by atoms with Crippen molar-refractivity contribution in [2.75, 3.05) is 6.54 Å². The van der Waals surface area contributed by atoms with Gasteiger partial charge in [0.25, 0.3) is 5.91 Å². The van der Waals surface area contributed by atoms with Crippen LogP contribution in [0, 0.1) is 0 Å². The van der Waals surface area contributed by atoms with Gasteiger partial charge in [-0.15, -0.1) is 0 Å². The molecule has 0 fully saturated rings. The number of benzene rings is 2. The van der Waals surface area contributed by atoms with E-state index >= 15 is 0 Å². The molecule has 0 aliphatic carbocycles. The minimum absolute atomic E-state index is 0.134. The Morgan fingerprint density at radius 1 is 1.16 bits per heavy atom. The molecule has 1 aliphatic rings. The van der Waals surface area contributed by atoms with E-state index in [0.717, 1.165) is 5.56 Å². The summed E-state index contributed by atoms with van der Waals surface area (Å²) in [6, 6.07) is 14.8. The summed E-state index contributed by atoms with van der Waals surface area (Å²) >= 11 is 5.96. The third-order valence-electron chi connectivity index (χ3n) is 3.08. The van der Waals surface area contributed by atoms with Gasteiger partial charge in [0.05, 0.1) is 12.1 Å². The van der Waals surface area contributed by atoms with Crippen LogP contribution in [0.3, 0.4) is 0 Å². The maximum absolute atomic E-state index is 12.0. The van der Waals surface area contributed by atoms with Gasteiger partial charge in [0, 0.05) is 5.02 Å². The van der Waals surface area contributed by atoms with E-state index in [2.05, 4.69) is 5.32 Å². The van der Waals surface area contributed by atoms with Gasteiger partial charge in [-0.25, -0.2) is 0 Å². The highest BCUT2D eigenvalue weighted by atomic mass is 35.5. The van der Waals surface area contributed by atoms with Crippen LogP contribution in [0.15, 0.2) is 48.5 Å². The zero-order valence-corrected chi connectivity index (χ0v) is 10.9. The first kappa shape index (κ1) is 12.1. The van der Waals surface area contributed by atoms with E-state index in [0.29, 0.717) is 22.9 Å². The normalized spacial score (nSPS) is 17.9. The maximum Gasteiger partial charge on any atom is 0.255 e. The average Bonchev–Trinajstić information content (AvgIpc) is 2.59. The fourth-order valence-corrected chi connectivity index (χ4v) is 2.27. The fraction of sp³-hybridized carbons (Fsp3) is 0.133. The first-order valence-electron chi connectivity index (χ1n) is 6.03. The SMILES string of the molecule is O=C1NCC(c2ccccc2)Oc2cc(Cl)ccc21. The van der Waals surface area contributed by atoms with Gasteiger partial charge in [-0.3, -0.25) is 4.79 Å². The third-order valence-corrected chi connectivity index (χ3v) is 3.31. The van der Waals surface area contributed by atoms with Crippen molar-refractivity contribution in [3.8, 4) is 5.75 Å². The van der Waals surface area contributed by atoms with Gasteiger partial charge >= 0.3 is 0 Å². The summed E-state index contributed by atoms with van der Waals surface area (Å²) in [7, 11) is 0. The molecule has 96 valence electrons. The van der Waals surface area contributed by atoms with Gasteiger partial charge in [0.15, 0.2) is 0 Å². The summed E-state index contributed by atoms with van der Waals surface area (Å²) in [5.74, 6) is 0.390. The van der Waals surface area contributed by atoms with Crippen molar-refractivity contribution in [3.63, 3.8) is 0 Å². The molecule has 0 saturated carbocycles. The molecule has 1 heterocycles. The van der Waals surface area contributed by atoms with Gasteiger partial charge < -0.3 is 10.1 Å². The molecule has 1 atom stereocenters. The van der Waals surface area contributed by atoms with E-state index in [-0.39, 0.29) is 12.0 Å². The second-order valence-electron chi connectivity index (χ2n) is 4.37. The van der Waals surface area contributed by atoms with Gasteiger partial charge in [0.1, 0.15) is 11.9 Å². The quantitative estimate of drug-likeness (QED) is 0.866. The van der Waals surface area contributed by atoms with Crippen LogP contribution < -0.4 is 10.1 Å². The zero-order chi connectivity index (χ0) is 13.2. The van der Waals surface area contributed by atoms with E-state index in [4.69, 9.17) is 16.3 Å². The molecule has 1 unspecified atom stereocenters. The largest absolute Gasteiger partial charge is 0.483 e. The molecule has 19 heavy (non-hydrogen) atoms. The van der Waals surface area contributed by atoms with Crippen LogP contribution >= 0.6 is 11.6 Å². The van der Waals surface area contributed by atoms with Crippen LogP contribution in [0.25, 0.3) is 0 Å². The van der Waals surface area contributed by atoms with E-state index in [9.17, 15) is 4.79 Å². The van der Waals surface area contributed by atoms with Gasteiger partial charge in [0.2, 0.25) is 0 Å². The smallest absolute Gasteiger partial charge is 0.255 e. The van der Waals surface area contributed by atoms with Crippen LogP contribution in [0.1, 0.15) is 22.0 Å². The molecule has 2 aromatic rings. The van der Waals surface area contributed by atoms with Crippen molar-refractivity contribution in [1.82, 2.24) is 5.32 Å². The molecule has 2 aromatic carbocycles. The van der Waals surface area contributed by atoms with E-state index in [1.54, 1.807) is 18.2 Å². The van der Waals surface area contributed by atoms with Crippen molar-refractivity contribution in [1.29, 1.82) is 0 Å². The molecule has 0 saturated heterocycles. The Balaban J connectivity index is 1.99. The summed E-state index contributed by atoms with van der Waals surface area (Å²) in [4.78, 5) is 12.0. The van der Waals surface area contributed by atoms with E-state index in [1.807, 2.05) is 30.3 Å². The molecule has 0 aromatic heterocycles. The van der Waals surface area contributed by atoms with Gasteiger partial charge in [-0.1, -0.05) is 41.9 Å². The number of halogens is 1. The number of carbonyl (C=O) groups is 1. The minimum Gasteiger partial charge on any atom is -0.483 e. The Morgan fingerprint density at radius 2 is 1.95 bits per heavy atom. The van der Waals surface area contributed by atoms with Crippen molar-refractivity contribution >= 4 is 17.5 Å². The Bertz CT molecular complexity index is 613. The van der Waals surface area contributed by atoms with Crippen LogP contribution in [0.5, 0.6) is 5.75 Å². The summed E-state index contributed by atoms with van der Waals surface area (Å²) < 4.78 is 5.93. The fourth-order valence-electron chi connectivity index (χ4n) is 2.11. The number of hydrogen-bond donors (Lipinski definition) is 1. The number of carbonyl (C=O) groups excluding carboxylic acids is 1. The van der Waals surface area contributed by atoms with Crippen molar-refractivity contribution in [2.24, 2.45) is 0 Å². The summed E-state index contributed by atoms with van der Waals surface area (Å²) in [5, 5.41) is 3.42. The van der Waals surface area contributed by atoms with Crippen LogP contribution in [-0.2, 0) is 0 Å². The van der Waals surface area contributed by atoms with Crippen LogP contribution in [0.4, 0.5) is 0 Å². The predicted molar refractivity (Wildman–Crippen MR) is 73.6 cm³/mol. The second kappa shape index (κ2) is 4.94. The maximum atomic E-state index is 12.0. The van der Waals surface area contributed by atoms with E-state index in [1.165, 1.54) is 0 Å². The lowest BCUT2D eigenvalue weighted by molar-refractivity contribution is 0.0951. The monoisotopic (exact) mass is 273 g/mol. The molecule has 0 spiro atoms. The predicted octanol–water partition coefficient (Wildman–Crippen LogP) is 3.20. The Morgan fingerprint density at radius 3 is 2.74 bits per heavy atom. The van der Waals surface area contributed by atoms with Gasteiger partial charge in [-0.2, -0.15) is 0 Å². The molecule has 0 bridgehead atoms. The lowest BCUT2D eigenvalue weighted by Crippen LogP contribution is -2.26. The topological polar surface area (TPSA) is 38.3 Å². The van der Waals surface area contributed by atoms with Crippen molar-refractivity contribution in [3.05, 3.63) is 64.7 Å². The number of fused-ring (bicyclic) bond motifs is 1. The average molecular weight is 274 g/mol. The molecule has 1 N–H and O–H groups in total. The Labute approximate surface area is 116 Å². The summed E-state index contributed by atoms with van der Waals surface area (Å²) in [6.45, 7) is 0.440. The third kappa shape index (κ3) is 2.42. The first-order valence-corrected chi connectivity index (χ1v) is 6.41. The highest BCUT2D eigenvalue weighted by Crippen LogP contribution is 2.30. The van der Waals surface area contributed by atoms with Gasteiger partial charge in [-0.05, 0) is 23.8 Å². The molecule has 1 amide bonds. The number of nitrogens with one attached hydrogen (secondary N) is 1. The van der Waals surface area contributed by atoms with E-state index < -0.39 is 0 Å². The standard InChI is InChI=1S/C15H12ClNO2/c16-11-6-7-12-13(8-11)19-14(9-17-15(12)18)10-4-2-1-3-5-10/h1-8,14H,9H2,(H,17,18). The van der Waals surface area contributed by atoms with Crippen molar-refractivity contribution in [2.45, 2.75) is 6.10 Å². The molecule has 3 nitrogen and oxygen atoms in total. The highest BCUT2D eigenvalue weighted by Gasteiger charge is 2.23.